The molecule has 0 aromatic heterocycles. The van der Waals surface area contributed by atoms with Gasteiger partial charge in [-0.15, -0.1) is 0 Å². The molecule has 0 rings (SSSR count). The van der Waals surface area contributed by atoms with Gasteiger partial charge in [0.15, 0.2) is 6.10 Å². The fourth-order valence-corrected chi connectivity index (χ4v) is 6.17. The molecule has 6 nitrogen and oxygen atoms in total. The van der Waals surface area contributed by atoms with Crippen molar-refractivity contribution in [3.8, 4) is 0 Å². The van der Waals surface area contributed by atoms with Gasteiger partial charge in [-0.25, -0.2) is 0 Å². The normalized spacial score (nSPS) is 13.2. The third-order valence-corrected chi connectivity index (χ3v) is 9.90. The Kier molecular flexibility index (Phi) is 47.6. The molecule has 0 amide bonds. The Bertz CT molecular complexity index is 1430. The summed E-state index contributed by atoms with van der Waals surface area (Å²) in [4.78, 5) is 37.7. The van der Waals surface area contributed by atoms with Gasteiger partial charge in [-0.3, -0.25) is 14.4 Å². The second-order valence-corrected chi connectivity index (χ2v) is 16.0. The summed E-state index contributed by atoms with van der Waals surface area (Å²) in [7, 11) is 0. The van der Waals surface area contributed by atoms with Crippen LogP contribution >= 0.6 is 0 Å². The van der Waals surface area contributed by atoms with Gasteiger partial charge in [0, 0.05) is 19.3 Å². The minimum atomic E-state index is -0.814. The Hall–Kier alpha value is -4.45. The molecule has 0 aromatic rings. The lowest BCUT2D eigenvalue weighted by Gasteiger charge is -2.18. The molecule has 0 heterocycles. The van der Waals surface area contributed by atoms with Crippen molar-refractivity contribution >= 4 is 17.9 Å². The third kappa shape index (κ3) is 48.6. The molecule has 6 heteroatoms. The fourth-order valence-electron chi connectivity index (χ4n) is 6.17. The van der Waals surface area contributed by atoms with Gasteiger partial charge in [-0.1, -0.05) is 193 Å². The maximum atomic E-state index is 12.7. The third-order valence-electron chi connectivity index (χ3n) is 9.90. The molecular formula is C58H90O6. The average Bonchev–Trinajstić information content (AvgIpc) is 3.29. The summed E-state index contributed by atoms with van der Waals surface area (Å²) in [6.07, 6.45) is 71.8. The quantitative estimate of drug-likeness (QED) is 0.0263. The molecule has 0 saturated heterocycles. The van der Waals surface area contributed by atoms with Crippen LogP contribution in [0.15, 0.2) is 134 Å². The first-order valence-electron chi connectivity index (χ1n) is 25.2. The van der Waals surface area contributed by atoms with Crippen molar-refractivity contribution < 1.29 is 28.6 Å². The molecule has 0 aromatic carbocycles. The van der Waals surface area contributed by atoms with E-state index in [2.05, 4.69) is 154 Å². The lowest BCUT2D eigenvalue weighted by Crippen LogP contribution is -2.30. The van der Waals surface area contributed by atoms with Crippen molar-refractivity contribution in [1.29, 1.82) is 0 Å². The van der Waals surface area contributed by atoms with Gasteiger partial charge >= 0.3 is 17.9 Å². The van der Waals surface area contributed by atoms with E-state index in [0.29, 0.717) is 19.3 Å². The van der Waals surface area contributed by atoms with Crippen LogP contribution in [0.25, 0.3) is 0 Å². The molecule has 0 radical (unpaired) electrons. The van der Waals surface area contributed by atoms with E-state index >= 15 is 0 Å². The molecule has 0 saturated carbocycles. The van der Waals surface area contributed by atoms with E-state index < -0.39 is 6.10 Å². The highest BCUT2D eigenvalue weighted by atomic mass is 16.6. The first-order chi connectivity index (χ1) is 31.5. The van der Waals surface area contributed by atoms with Crippen LogP contribution in [-0.2, 0) is 28.6 Å². The van der Waals surface area contributed by atoms with Gasteiger partial charge in [0.2, 0.25) is 0 Å². The zero-order valence-corrected chi connectivity index (χ0v) is 40.7. The molecule has 0 aliphatic rings. The molecule has 1 atom stereocenters. The molecule has 64 heavy (non-hydrogen) atoms. The highest BCUT2D eigenvalue weighted by Gasteiger charge is 2.19. The predicted octanol–water partition coefficient (Wildman–Crippen LogP) is 16.7. The second-order valence-electron chi connectivity index (χ2n) is 16.0. The van der Waals surface area contributed by atoms with Gasteiger partial charge in [-0.2, -0.15) is 0 Å². The number of esters is 3. The highest BCUT2D eigenvalue weighted by molar-refractivity contribution is 5.71. The maximum absolute atomic E-state index is 12.7. The Morgan fingerprint density at radius 3 is 0.984 bits per heavy atom. The number of allylic oxidation sites excluding steroid dienone is 22. The lowest BCUT2D eigenvalue weighted by molar-refractivity contribution is -0.167. The number of ether oxygens (including phenoxy) is 3. The molecule has 0 aliphatic carbocycles. The number of carbonyl (C=O) groups is 3. The summed E-state index contributed by atoms with van der Waals surface area (Å²) in [6.45, 7) is 6.25. The van der Waals surface area contributed by atoms with Crippen LogP contribution in [0.1, 0.15) is 194 Å². The molecule has 0 fully saturated rings. The first-order valence-corrected chi connectivity index (χ1v) is 25.2. The van der Waals surface area contributed by atoms with Crippen LogP contribution in [-0.4, -0.2) is 37.2 Å². The van der Waals surface area contributed by atoms with Crippen molar-refractivity contribution in [2.75, 3.05) is 13.2 Å². The molecule has 0 aliphatic heterocycles. The standard InChI is InChI=1S/C58H90O6/c1-4-7-10-13-16-18-20-22-24-25-26-27-28-29-30-31-32-33-35-36-38-40-42-45-48-51-57(60)63-54-55(53-62-56(59)50-47-44-15-12-9-6-3)64-58(61)52-49-46-43-41-39-37-34-23-21-19-17-14-11-8-5-2/h7-8,10-11,16-19,22-24,26-27,29-30,32-34,36,38-39,41,55H,4-6,9,12-15,20-21,25,28,31,35,37,40,42-54H2,1-3H3/b10-7-,11-8-,18-16-,19-17-,24-22-,27-26-,30-29-,33-32-,34-23-,38-36-,41-39-. The molecule has 0 bridgehead atoms. The Balaban J connectivity index is 4.35. The second kappa shape index (κ2) is 51.2. The summed E-state index contributed by atoms with van der Waals surface area (Å²) >= 11 is 0. The Morgan fingerprint density at radius 2 is 0.609 bits per heavy atom. The minimum absolute atomic E-state index is 0.111. The SMILES string of the molecule is CC/C=C\C/C=C\C/C=C\C/C=C\C/C=C\C/C=C\C/C=C\CCCCCC(=O)OCC(COC(=O)CCCCCCCC)OC(=O)CCCC/C=C\C/C=C\C/C=C\C/C=C\CC. The van der Waals surface area contributed by atoms with E-state index in [0.717, 1.165) is 128 Å². The summed E-state index contributed by atoms with van der Waals surface area (Å²) in [5.74, 6) is -1.01. The zero-order valence-electron chi connectivity index (χ0n) is 40.7. The molecule has 1 unspecified atom stereocenters. The topological polar surface area (TPSA) is 78.9 Å². The van der Waals surface area contributed by atoms with Gasteiger partial charge < -0.3 is 14.2 Å². The van der Waals surface area contributed by atoms with Crippen molar-refractivity contribution in [3.05, 3.63) is 134 Å². The average molecular weight is 883 g/mol. The number of rotatable bonds is 43. The van der Waals surface area contributed by atoms with Gasteiger partial charge in [0.1, 0.15) is 13.2 Å². The van der Waals surface area contributed by atoms with E-state index in [9.17, 15) is 14.4 Å². The van der Waals surface area contributed by atoms with E-state index in [-0.39, 0.29) is 37.5 Å². The van der Waals surface area contributed by atoms with Crippen molar-refractivity contribution in [1.82, 2.24) is 0 Å². The number of hydrogen-bond donors (Lipinski definition) is 0. The van der Waals surface area contributed by atoms with Crippen molar-refractivity contribution in [2.45, 2.75) is 200 Å². The zero-order chi connectivity index (χ0) is 46.5. The summed E-state index contributed by atoms with van der Waals surface area (Å²) < 4.78 is 16.6. The monoisotopic (exact) mass is 883 g/mol. The van der Waals surface area contributed by atoms with Crippen LogP contribution in [0, 0.1) is 0 Å². The number of unbranched alkanes of at least 4 members (excludes halogenated alkanes) is 10. The van der Waals surface area contributed by atoms with Crippen LogP contribution in [0.5, 0.6) is 0 Å². The van der Waals surface area contributed by atoms with E-state index in [1.807, 2.05) is 0 Å². The summed E-state index contributed by atoms with van der Waals surface area (Å²) in [6, 6.07) is 0. The number of hydrogen-bond acceptors (Lipinski definition) is 6. The van der Waals surface area contributed by atoms with Crippen molar-refractivity contribution in [2.24, 2.45) is 0 Å². The van der Waals surface area contributed by atoms with Gasteiger partial charge in [0.25, 0.3) is 0 Å². The molecule has 0 N–H and O–H groups in total. The van der Waals surface area contributed by atoms with E-state index in [4.69, 9.17) is 14.2 Å². The van der Waals surface area contributed by atoms with E-state index in [1.165, 1.54) is 19.3 Å². The van der Waals surface area contributed by atoms with Gasteiger partial charge in [0.05, 0.1) is 0 Å². The number of carbonyl (C=O) groups excluding carboxylic acids is 3. The molecule has 0 spiro atoms. The van der Waals surface area contributed by atoms with Crippen LogP contribution < -0.4 is 0 Å². The van der Waals surface area contributed by atoms with E-state index in [1.54, 1.807) is 0 Å². The first kappa shape index (κ1) is 59.5. The lowest BCUT2D eigenvalue weighted by atomic mass is 10.1. The summed E-state index contributed by atoms with van der Waals surface area (Å²) in [5.41, 5.74) is 0. The molecule has 358 valence electrons. The van der Waals surface area contributed by atoms with Crippen molar-refractivity contribution in [3.63, 3.8) is 0 Å². The largest absolute Gasteiger partial charge is 0.462 e. The molecular weight excluding hydrogens is 793 g/mol. The van der Waals surface area contributed by atoms with Crippen LogP contribution in [0.4, 0.5) is 0 Å². The smallest absolute Gasteiger partial charge is 0.306 e. The van der Waals surface area contributed by atoms with Crippen LogP contribution in [0.2, 0.25) is 0 Å². The fraction of sp³-hybridized carbons (Fsp3) is 0.569. The minimum Gasteiger partial charge on any atom is -0.462 e. The maximum Gasteiger partial charge on any atom is 0.306 e. The van der Waals surface area contributed by atoms with Gasteiger partial charge in [-0.05, 0) is 116 Å². The Morgan fingerprint density at radius 1 is 0.328 bits per heavy atom. The predicted molar refractivity (Wildman–Crippen MR) is 274 cm³/mol. The highest BCUT2D eigenvalue weighted by Crippen LogP contribution is 2.11. The van der Waals surface area contributed by atoms with Crippen LogP contribution in [0.3, 0.4) is 0 Å². The summed E-state index contributed by atoms with van der Waals surface area (Å²) in [5, 5.41) is 0. The Labute approximate surface area is 392 Å².